The Morgan fingerprint density at radius 2 is 1.89 bits per heavy atom. The van der Waals surface area contributed by atoms with E-state index in [0.29, 0.717) is 18.1 Å². The van der Waals surface area contributed by atoms with Gasteiger partial charge in [0.25, 0.3) is 0 Å². The first kappa shape index (κ1) is 14.7. The van der Waals surface area contributed by atoms with Crippen molar-refractivity contribution in [3.05, 3.63) is 35.9 Å². The Kier molecular flexibility index (Phi) is 7.16. The van der Waals surface area contributed by atoms with Gasteiger partial charge in [0.05, 0.1) is 12.2 Å². The molecule has 0 saturated carbocycles. The Morgan fingerprint density at radius 3 is 2.50 bits per heavy atom. The van der Waals surface area contributed by atoms with Crippen LogP contribution in [-0.4, -0.2) is 12.6 Å². The lowest BCUT2D eigenvalue weighted by atomic mass is 9.96. The second-order valence-electron chi connectivity index (χ2n) is 4.71. The fraction of sp³-hybridized carbons (Fsp3) is 0.562. The molecular formula is C16H24O2. The van der Waals surface area contributed by atoms with Gasteiger partial charge in [-0.1, -0.05) is 57.7 Å². The number of carbonyl (C=O) groups is 1. The minimum absolute atomic E-state index is 0.207. The lowest BCUT2D eigenvalue weighted by Gasteiger charge is -2.14. The lowest BCUT2D eigenvalue weighted by Crippen LogP contribution is -2.10. The van der Waals surface area contributed by atoms with Crippen LogP contribution in [0.3, 0.4) is 0 Å². The lowest BCUT2D eigenvalue weighted by molar-refractivity contribution is 0.0479. The molecular weight excluding hydrogens is 224 g/mol. The van der Waals surface area contributed by atoms with Crippen LogP contribution < -0.4 is 0 Å². The zero-order valence-corrected chi connectivity index (χ0v) is 11.5. The highest BCUT2D eigenvalue weighted by molar-refractivity contribution is 5.89. The number of rotatable bonds is 8. The van der Waals surface area contributed by atoms with Gasteiger partial charge in [-0.05, 0) is 24.5 Å². The molecule has 2 heteroatoms. The maximum atomic E-state index is 11.7. The summed E-state index contributed by atoms with van der Waals surface area (Å²) in [4.78, 5) is 11.7. The van der Waals surface area contributed by atoms with E-state index in [4.69, 9.17) is 4.74 Å². The zero-order chi connectivity index (χ0) is 13.2. The average Bonchev–Trinajstić information content (AvgIpc) is 2.43. The predicted octanol–water partition coefficient (Wildman–Crippen LogP) is 4.45. The van der Waals surface area contributed by atoms with E-state index in [1.54, 1.807) is 12.1 Å². The van der Waals surface area contributed by atoms with Crippen LogP contribution in [0.1, 0.15) is 56.3 Å². The molecule has 1 aromatic rings. The van der Waals surface area contributed by atoms with Crippen molar-refractivity contribution in [3.8, 4) is 0 Å². The molecule has 2 nitrogen and oxygen atoms in total. The van der Waals surface area contributed by atoms with Crippen molar-refractivity contribution in [2.45, 2.75) is 46.0 Å². The van der Waals surface area contributed by atoms with E-state index in [1.165, 1.54) is 25.7 Å². The number of carbonyl (C=O) groups excluding carboxylic acids is 1. The smallest absolute Gasteiger partial charge is 0.338 e. The third kappa shape index (κ3) is 5.35. The largest absolute Gasteiger partial charge is 0.462 e. The van der Waals surface area contributed by atoms with Gasteiger partial charge in [0.1, 0.15) is 0 Å². The summed E-state index contributed by atoms with van der Waals surface area (Å²) in [5.74, 6) is 0.481. The van der Waals surface area contributed by atoms with Crippen molar-refractivity contribution in [2.75, 3.05) is 6.61 Å². The Balaban J connectivity index is 2.26. The van der Waals surface area contributed by atoms with Crippen molar-refractivity contribution >= 4 is 5.97 Å². The van der Waals surface area contributed by atoms with Gasteiger partial charge in [-0.15, -0.1) is 0 Å². The van der Waals surface area contributed by atoms with Gasteiger partial charge in [-0.2, -0.15) is 0 Å². The van der Waals surface area contributed by atoms with Crippen molar-refractivity contribution in [3.63, 3.8) is 0 Å². The normalized spacial score (nSPS) is 12.1. The number of hydrogen-bond acceptors (Lipinski definition) is 2. The van der Waals surface area contributed by atoms with E-state index in [2.05, 4.69) is 13.8 Å². The van der Waals surface area contributed by atoms with E-state index in [-0.39, 0.29) is 5.97 Å². The van der Waals surface area contributed by atoms with Crippen LogP contribution in [0, 0.1) is 5.92 Å². The molecule has 0 N–H and O–H groups in total. The van der Waals surface area contributed by atoms with E-state index in [1.807, 2.05) is 18.2 Å². The Morgan fingerprint density at radius 1 is 1.17 bits per heavy atom. The van der Waals surface area contributed by atoms with Crippen molar-refractivity contribution in [1.29, 1.82) is 0 Å². The predicted molar refractivity (Wildman–Crippen MR) is 74.6 cm³/mol. The molecule has 0 heterocycles. The van der Waals surface area contributed by atoms with Crippen LogP contribution in [0.15, 0.2) is 30.3 Å². The minimum atomic E-state index is -0.207. The van der Waals surface area contributed by atoms with E-state index >= 15 is 0 Å². The average molecular weight is 248 g/mol. The molecule has 0 bridgehead atoms. The summed E-state index contributed by atoms with van der Waals surface area (Å²) in [6, 6.07) is 9.18. The van der Waals surface area contributed by atoms with Crippen molar-refractivity contribution < 1.29 is 9.53 Å². The summed E-state index contributed by atoms with van der Waals surface area (Å²) < 4.78 is 5.30. The molecule has 0 fully saturated rings. The maximum Gasteiger partial charge on any atom is 0.338 e. The molecule has 0 saturated heterocycles. The first-order chi connectivity index (χ1) is 8.77. The Hall–Kier alpha value is -1.31. The first-order valence-corrected chi connectivity index (χ1v) is 7.00. The van der Waals surface area contributed by atoms with Gasteiger partial charge in [0.15, 0.2) is 0 Å². The van der Waals surface area contributed by atoms with Gasteiger partial charge in [0, 0.05) is 0 Å². The molecule has 0 aliphatic rings. The molecule has 1 atom stereocenters. The van der Waals surface area contributed by atoms with Crippen LogP contribution in [0.25, 0.3) is 0 Å². The van der Waals surface area contributed by atoms with Crippen LogP contribution in [-0.2, 0) is 4.74 Å². The quantitative estimate of drug-likeness (QED) is 0.635. The van der Waals surface area contributed by atoms with Gasteiger partial charge in [0.2, 0.25) is 0 Å². The van der Waals surface area contributed by atoms with Gasteiger partial charge >= 0.3 is 5.97 Å². The summed E-state index contributed by atoms with van der Waals surface area (Å²) in [6.07, 6.45) is 5.90. The number of esters is 1. The summed E-state index contributed by atoms with van der Waals surface area (Å²) in [5, 5.41) is 0. The maximum absolute atomic E-state index is 11.7. The van der Waals surface area contributed by atoms with Gasteiger partial charge in [-0.25, -0.2) is 4.79 Å². The second kappa shape index (κ2) is 8.73. The van der Waals surface area contributed by atoms with Crippen molar-refractivity contribution in [2.24, 2.45) is 5.92 Å². The topological polar surface area (TPSA) is 26.3 Å². The number of unbranched alkanes of at least 4 members (excludes halogenated alkanes) is 1. The van der Waals surface area contributed by atoms with Gasteiger partial charge < -0.3 is 4.74 Å². The van der Waals surface area contributed by atoms with Gasteiger partial charge in [-0.3, -0.25) is 0 Å². The number of ether oxygens (including phenoxy) is 1. The molecule has 0 spiro atoms. The highest BCUT2D eigenvalue weighted by atomic mass is 16.5. The highest BCUT2D eigenvalue weighted by Gasteiger charge is 2.09. The highest BCUT2D eigenvalue weighted by Crippen LogP contribution is 2.16. The summed E-state index contributed by atoms with van der Waals surface area (Å²) in [6.45, 7) is 4.96. The van der Waals surface area contributed by atoms with Crippen LogP contribution in [0.5, 0.6) is 0 Å². The molecule has 0 amide bonds. The van der Waals surface area contributed by atoms with Crippen LogP contribution in [0.4, 0.5) is 0 Å². The first-order valence-electron chi connectivity index (χ1n) is 7.00. The third-order valence-corrected chi connectivity index (χ3v) is 3.31. The fourth-order valence-corrected chi connectivity index (χ4v) is 2.02. The monoisotopic (exact) mass is 248 g/mol. The zero-order valence-electron chi connectivity index (χ0n) is 11.5. The van der Waals surface area contributed by atoms with E-state index in [9.17, 15) is 4.79 Å². The Labute approximate surface area is 110 Å². The molecule has 100 valence electrons. The third-order valence-electron chi connectivity index (χ3n) is 3.31. The molecule has 1 aromatic carbocycles. The summed E-state index contributed by atoms with van der Waals surface area (Å²) in [7, 11) is 0. The summed E-state index contributed by atoms with van der Waals surface area (Å²) in [5.41, 5.74) is 0.638. The Bertz CT molecular complexity index is 332. The van der Waals surface area contributed by atoms with E-state index in [0.717, 1.165) is 6.42 Å². The molecule has 1 unspecified atom stereocenters. The fourth-order valence-electron chi connectivity index (χ4n) is 2.02. The molecule has 1 rings (SSSR count). The minimum Gasteiger partial charge on any atom is -0.462 e. The standard InChI is InChI=1S/C16H24O2/c1-3-5-9-14(4-2)12-13-18-16(17)15-10-7-6-8-11-15/h6-8,10-11,14H,3-5,9,12-13H2,1-2H3. The summed E-state index contributed by atoms with van der Waals surface area (Å²) >= 11 is 0. The molecule has 0 radical (unpaired) electrons. The number of hydrogen-bond donors (Lipinski definition) is 0. The molecule has 0 aliphatic carbocycles. The molecule has 18 heavy (non-hydrogen) atoms. The SMILES string of the molecule is CCCCC(CC)CCOC(=O)c1ccccc1. The number of benzene rings is 1. The molecule has 0 aliphatic heterocycles. The van der Waals surface area contributed by atoms with E-state index < -0.39 is 0 Å². The second-order valence-corrected chi connectivity index (χ2v) is 4.71. The van der Waals surface area contributed by atoms with Crippen LogP contribution >= 0.6 is 0 Å². The van der Waals surface area contributed by atoms with Crippen LogP contribution in [0.2, 0.25) is 0 Å². The molecule has 0 aromatic heterocycles. The van der Waals surface area contributed by atoms with Crippen molar-refractivity contribution in [1.82, 2.24) is 0 Å².